The molecule has 0 aliphatic heterocycles. The third-order valence-electron chi connectivity index (χ3n) is 2.90. The number of allylic oxidation sites excluding steroid dienone is 1. The number of nitrogen functional groups attached to an aromatic ring is 1. The number of hydrogen-bond acceptors (Lipinski definition) is 4. The molecule has 0 saturated carbocycles. The van der Waals surface area contributed by atoms with Gasteiger partial charge in [-0.2, -0.15) is 0 Å². The van der Waals surface area contributed by atoms with E-state index in [1.165, 1.54) is 12.1 Å². The average Bonchev–Trinajstić information content (AvgIpc) is 2.28. The Morgan fingerprint density at radius 1 is 1.22 bits per heavy atom. The van der Waals surface area contributed by atoms with Crippen molar-refractivity contribution in [2.24, 2.45) is 5.14 Å². The molecule has 1 atom stereocenters. The van der Waals surface area contributed by atoms with Crippen LogP contribution in [-0.4, -0.2) is 14.5 Å². The molecular weight excluding hydrogens is 250 g/mol. The summed E-state index contributed by atoms with van der Waals surface area (Å²) in [4.78, 5) is 0.0383. The summed E-state index contributed by atoms with van der Waals surface area (Å²) < 4.78 is 22.6. The van der Waals surface area contributed by atoms with Crippen molar-refractivity contribution in [1.82, 2.24) is 0 Å². The maximum Gasteiger partial charge on any atom is 0.238 e. The van der Waals surface area contributed by atoms with Crippen LogP contribution in [0.25, 0.3) is 0 Å². The molecule has 0 heterocycles. The van der Waals surface area contributed by atoms with Crippen LogP contribution in [0, 0.1) is 0 Å². The summed E-state index contributed by atoms with van der Waals surface area (Å²) in [5.41, 5.74) is 6.77. The number of primary sulfonamides is 1. The summed E-state index contributed by atoms with van der Waals surface area (Å²) >= 11 is 0. The first-order valence-corrected chi connectivity index (χ1v) is 7.35. The number of nitrogens with one attached hydrogen (secondary N) is 1. The first-order valence-electron chi connectivity index (χ1n) is 5.80. The van der Waals surface area contributed by atoms with Crippen LogP contribution in [0.4, 0.5) is 11.4 Å². The normalized spacial score (nSPS) is 19.7. The lowest BCUT2D eigenvalue weighted by Gasteiger charge is -2.21. The molecule has 0 bridgehead atoms. The van der Waals surface area contributed by atoms with Crippen LogP contribution in [-0.2, 0) is 10.0 Å². The molecule has 1 aromatic rings. The Balaban J connectivity index is 2.23. The summed E-state index contributed by atoms with van der Waals surface area (Å²) in [6.45, 7) is 0. The van der Waals surface area contributed by atoms with Crippen LogP contribution in [0.3, 0.4) is 0 Å². The van der Waals surface area contributed by atoms with Crippen molar-refractivity contribution >= 4 is 21.4 Å². The highest BCUT2D eigenvalue weighted by molar-refractivity contribution is 7.89. The summed E-state index contributed by atoms with van der Waals surface area (Å²) in [7, 11) is -3.72. The molecule has 0 amide bonds. The molecule has 0 saturated heterocycles. The van der Waals surface area contributed by atoms with Crippen molar-refractivity contribution in [3.05, 3.63) is 30.4 Å². The molecule has 1 unspecified atom stereocenters. The largest absolute Gasteiger partial charge is 0.399 e. The minimum absolute atomic E-state index is 0.0383. The quantitative estimate of drug-likeness (QED) is 0.570. The number of rotatable bonds is 3. The highest BCUT2D eigenvalue weighted by atomic mass is 32.2. The first-order chi connectivity index (χ1) is 8.45. The van der Waals surface area contributed by atoms with Crippen molar-refractivity contribution < 1.29 is 8.42 Å². The van der Waals surface area contributed by atoms with E-state index in [1.54, 1.807) is 6.07 Å². The van der Waals surface area contributed by atoms with E-state index in [9.17, 15) is 8.42 Å². The second-order valence-electron chi connectivity index (χ2n) is 4.46. The number of benzene rings is 1. The number of nitrogens with two attached hydrogens (primary N) is 2. The second-order valence-corrected chi connectivity index (χ2v) is 6.02. The van der Waals surface area contributed by atoms with Crippen LogP contribution in [0.2, 0.25) is 0 Å². The van der Waals surface area contributed by atoms with Gasteiger partial charge in [-0.25, -0.2) is 13.6 Å². The molecule has 6 heteroatoms. The van der Waals surface area contributed by atoms with Crippen LogP contribution < -0.4 is 16.2 Å². The highest BCUT2D eigenvalue weighted by Gasteiger charge is 2.13. The molecule has 2 rings (SSSR count). The van der Waals surface area contributed by atoms with Gasteiger partial charge in [0.05, 0.1) is 4.90 Å². The molecule has 0 fully saturated rings. The maximum absolute atomic E-state index is 11.3. The van der Waals surface area contributed by atoms with E-state index < -0.39 is 10.0 Å². The Morgan fingerprint density at radius 2 is 2.00 bits per heavy atom. The minimum atomic E-state index is -3.72. The van der Waals surface area contributed by atoms with Gasteiger partial charge in [0.25, 0.3) is 0 Å². The Kier molecular flexibility index (Phi) is 3.58. The van der Waals surface area contributed by atoms with Crippen molar-refractivity contribution in [3.63, 3.8) is 0 Å². The summed E-state index contributed by atoms with van der Waals surface area (Å²) in [5.74, 6) is 0. The second kappa shape index (κ2) is 4.99. The fraction of sp³-hybridized carbons (Fsp3) is 0.333. The molecule has 5 N–H and O–H groups in total. The maximum atomic E-state index is 11.3. The van der Waals surface area contributed by atoms with Gasteiger partial charge in [-0.1, -0.05) is 12.2 Å². The van der Waals surface area contributed by atoms with E-state index in [0.29, 0.717) is 17.4 Å². The molecule has 18 heavy (non-hydrogen) atoms. The first kappa shape index (κ1) is 12.9. The van der Waals surface area contributed by atoms with Gasteiger partial charge in [0.1, 0.15) is 0 Å². The van der Waals surface area contributed by atoms with Gasteiger partial charge in [0.2, 0.25) is 10.0 Å². The summed E-state index contributed by atoms with van der Waals surface area (Å²) in [6.07, 6.45) is 7.25. The molecule has 0 aromatic heterocycles. The summed E-state index contributed by atoms with van der Waals surface area (Å²) in [6, 6.07) is 4.91. The third kappa shape index (κ3) is 3.24. The van der Waals surface area contributed by atoms with Gasteiger partial charge >= 0.3 is 0 Å². The van der Waals surface area contributed by atoms with Crippen LogP contribution in [0.5, 0.6) is 0 Å². The Bertz CT molecular complexity index is 567. The van der Waals surface area contributed by atoms with Crippen molar-refractivity contribution in [2.75, 3.05) is 11.1 Å². The molecule has 98 valence electrons. The van der Waals surface area contributed by atoms with Gasteiger partial charge in [-0.05, 0) is 37.5 Å². The zero-order chi connectivity index (χ0) is 13.2. The lowest BCUT2D eigenvalue weighted by Crippen LogP contribution is -2.21. The minimum Gasteiger partial charge on any atom is -0.399 e. The van der Waals surface area contributed by atoms with Crippen molar-refractivity contribution in [3.8, 4) is 0 Å². The van der Waals surface area contributed by atoms with Crippen molar-refractivity contribution in [2.45, 2.75) is 30.2 Å². The number of hydrogen-bond donors (Lipinski definition) is 3. The van der Waals surface area contributed by atoms with Gasteiger partial charge in [0.15, 0.2) is 0 Å². The highest BCUT2D eigenvalue weighted by Crippen LogP contribution is 2.22. The average molecular weight is 267 g/mol. The molecule has 1 aliphatic rings. The zero-order valence-corrected chi connectivity index (χ0v) is 10.8. The van der Waals surface area contributed by atoms with E-state index >= 15 is 0 Å². The van der Waals surface area contributed by atoms with Crippen LogP contribution in [0.15, 0.2) is 35.2 Å². The molecule has 0 spiro atoms. The van der Waals surface area contributed by atoms with E-state index in [1.807, 2.05) is 0 Å². The Morgan fingerprint density at radius 3 is 2.61 bits per heavy atom. The smallest absolute Gasteiger partial charge is 0.238 e. The van der Waals surface area contributed by atoms with Gasteiger partial charge < -0.3 is 11.1 Å². The summed E-state index contributed by atoms with van der Waals surface area (Å²) in [5, 5.41) is 8.39. The van der Waals surface area contributed by atoms with Crippen LogP contribution >= 0.6 is 0 Å². The predicted octanol–water partition coefficient (Wildman–Crippen LogP) is 1.44. The van der Waals surface area contributed by atoms with Crippen LogP contribution in [0.1, 0.15) is 19.3 Å². The topological polar surface area (TPSA) is 98.2 Å². The fourth-order valence-corrected chi connectivity index (χ4v) is 2.62. The zero-order valence-electron chi connectivity index (χ0n) is 9.96. The SMILES string of the molecule is Nc1cc(NC2CC=CCC2)cc(S(N)(=O)=O)c1. The van der Waals surface area contributed by atoms with Gasteiger partial charge in [0, 0.05) is 17.4 Å². The van der Waals surface area contributed by atoms with E-state index in [4.69, 9.17) is 10.9 Å². The van der Waals surface area contributed by atoms with E-state index in [2.05, 4.69) is 17.5 Å². The molecule has 5 nitrogen and oxygen atoms in total. The van der Waals surface area contributed by atoms with Gasteiger partial charge in [-0.3, -0.25) is 0 Å². The number of anilines is 2. The third-order valence-corrected chi connectivity index (χ3v) is 3.79. The Hall–Kier alpha value is -1.53. The standard InChI is InChI=1S/C12H17N3O2S/c13-9-6-11(8-12(7-9)18(14,16)17)15-10-4-2-1-3-5-10/h1-2,6-8,10,15H,3-5,13H2,(H2,14,16,17). The predicted molar refractivity (Wildman–Crippen MR) is 72.6 cm³/mol. The van der Waals surface area contributed by atoms with Crippen molar-refractivity contribution in [1.29, 1.82) is 0 Å². The molecule has 0 radical (unpaired) electrons. The number of sulfonamides is 1. The Labute approximate surface area is 107 Å². The molecule has 1 aliphatic carbocycles. The monoisotopic (exact) mass is 267 g/mol. The van der Waals surface area contributed by atoms with E-state index in [0.717, 1.165) is 19.3 Å². The van der Waals surface area contributed by atoms with Gasteiger partial charge in [-0.15, -0.1) is 0 Å². The molecular formula is C12H17N3O2S. The lowest BCUT2D eigenvalue weighted by molar-refractivity contribution is 0.597. The van der Waals surface area contributed by atoms with E-state index in [-0.39, 0.29) is 4.90 Å². The lowest BCUT2D eigenvalue weighted by atomic mass is 10.0. The molecule has 1 aromatic carbocycles. The fourth-order valence-electron chi connectivity index (χ4n) is 2.03.